The molecule has 0 fully saturated rings. The van der Waals surface area contributed by atoms with Crippen molar-refractivity contribution < 1.29 is 19.4 Å². The highest BCUT2D eigenvalue weighted by atomic mass is 16.6. The van der Waals surface area contributed by atoms with E-state index in [9.17, 15) is 14.7 Å². The normalized spacial score (nSPS) is 12.7. The van der Waals surface area contributed by atoms with Crippen molar-refractivity contribution in [2.45, 2.75) is 39.3 Å². The van der Waals surface area contributed by atoms with Crippen LogP contribution >= 0.6 is 0 Å². The van der Waals surface area contributed by atoms with Crippen LogP contribution in [0.2, 0.25) is 0 Å². The van der Waals surface area contributed by atoms with Gasteiger partial charge in [-0.25, -0.2) is 4.79 Å². The number of hydrogen-bond donors (Lipinski definition) is 1. The first-order valence-corrected chi connectivity index (χ1v) is 6.40. The van der Waals surface area contributed by atoms with Crippen LogP contribution in [0, 0.1) is 0 Å². The fraction of sp³-hybridized carbons (Fsp3) is 0.467. The van der Waals surface area contributed by atoms with Gasteiger partial charge in [0.05, 0.1) is 0 Å². The second-order valence-electron chi connectivity index (χ2n) is 5.67. The molecule has 0 aliphatic heterocycles. The van der Waals surface area contributed by atoms with Crippen molar-refractivity contribution in [2.75, 3.05) is 7.05 Å². The number of ether oxygens (including phenoxy) is 1. The van der Waals surface area contributed by atoms with E-state index in [0.717, 1.165) is 0 Å². The number of phenolic OH excluding ortho intramolecular Hbond substituents is 1. The van der Waals surface area contributed by atoms with Gasteiger partial charge in [-0.3, -0.25) is 4.79 Å². The molecule has 0 aromatic heterocycles. The zero-order chi connectivity index (χ0) is 15.5. The van der Waals surface area contributed by atoms with Crippen LogP contribution in [0.4, 0.5) is 4.79 Å². The molecular formula is C15H21NO4. The number of amides is 1. The van der Waals surface area contributed by atoms with Gasteiger partial charge in [-0.1, -0.05) is 0 Å². The summed E-state index contributed by atoms with van der Waals surface area (Å²) in [5.41, 5.74) is 0.0137. The van der Waals surface area contributed by atoms with E-state index in [-0.39, 0.29) is 17.1 Å². The molecule has 0 radical (unpaired) electrons. The van der Waals surface area contributed by atoms with Gasteiger partial charge in [0.1, 0.15) is 5.75 Å². The lowest BCUT2D eigenvalue weighted by Crippen LogP contribution is -2.44. The Kier molecular flexibility index (Phi) is 4.76. The third kappa shape index (κ3) is 3.98. The molecule has 110 valence electrons. The molecule has 1 rings (SSSR count). The molecule has 20 heavy (non-hydrogen) atoms. The molecule has 5 nitrogen and oxygen atoms in total. The second kappa shape index (κ2) is 5.94. The standard InChI is InChI=1S/C15H21NO4/c1-10(20-14(19)16(5)15(2,3)4)13(18)11-6-8-12(17)9-7-11/h6-10,17H,1-5H3/t10-/m0/s1. The molecule has 5 heteroatoms. The Labute approximate surface area is 119 Å². The predicted molar refractivity (Wildman–Crippen MR) is 75.9 cm³/mol. The summed E-state index contributed by atoms with van der Waals surface area (Å²) in [5.74, 6) is -0.223. The summed E-state index contributed by atoms with van der Waals surface area (Å²) in [7, 11) is 1.63. The molecule has 1 atom stereocenters. The number of benzene rings is 1. The van der Waals surface area contributed by atoms with Crippen molar-refractivity contribution in [2.24, 2.45) is 0 Å². The summed E-state index contributed by atoms with van der Waals surface area (Å²) >= 11 is 0. The highest BCUT2D eigenvalue weighted by Gasteiger charge is 2.27. The van der Waals surface area contributed by atoms with E-state index < -0.39 is 12.2 Å². The largest absolute Gasteiger partial charge is 0.508 e. The molecule has 1 aromatic carbocycles. The first kappa shape index (κ1) is 16.0. The summed E-state index contributed by atoms with van der Waals surface area (Å²) in [5, 5.41) is 9.18. The number of carbonyl (C=O) groups is 2. The molecular weight excluding hydrogens is 258 g/mol. The molecule has 0 saturated heterocycles. The minimum Gasteiger partial charge on any atom is -0.508 e. The van der Waals surface area contributed by atoms with Crippen molar-refractivity contribution in [3.8, 4) is 5.75 Å². The summed E-state index contributed by atoms with van der Waals surface area (Å²) in [6.07, 6.45) is -1.42. The Morgan fingerprint density at radius 1 is 1.20 bits per heavy atom. The minimum absolute atomic E-state index is 0.0821. The Bertz CT molecular complexity index is 488. The van der Waals surface area contributed by atoms with Crippen molar-refractivity contribution in [3.63, 3.8) is 0 Å². The maximum atomic E-state index is 12.1. The quantitative estimate of drug-likeness (QED) is 0.864. The second-order valence-corrected chi connectivity index (χ2v) is 5.67. The van der Waals surface area contributed by atoms with Gasteiger partial charge in [-0.2, -0.15) is 0 Å². The molecule has 1 aromatic rings. The van der Waals surface area contributed by atoms with Gasteiger partial charge < -0.3 is 14.7 Å². The molecule has 0 unspecified atom stereocenters. The van der Waals surface area contributed by atoms with Crippen molar-refractivity contribution >= 4 is 11.9 Å². The van der Waals surface area contributed by atoms with Crippen molar-refractivity contribution in [3.05, 3.63) is 29.8 Å². The maximum absolute atomic E-state index is 12.1. The number of aromatic hydroxyl groups is 1. The van der Waals surface area contributed by atoms with Crippen molar-refractivity contribution in [1.82, 2.24) is 4.90 Å². The zero-order valence-corrected chi connectivity index (χ0v) is 12.5. The van der Waals surface area contributed by atoms with E-state index in [4.69, 9.17) is 4.74 Å². The van der Waals surface area contributed by atoms with E-state index in [1.165, 1.54) is 36.1 Å². The van der Waals surface area contributed by atoms with Crippen LogP contribution in [0.25, 0.3) is 0 Å². The minimum atomic E-state index is -0.878. The first-order valence-electron chi connectivity index (χ1n) is 6.40. The Hall–Kier alpha value is -2.04. The fourth-order valence-corrected chi connectivity index (χ4v) is 1.42. The van der Waals surface area contributed by atoms with Crippen LogP contribution in [0.1, 0.15) is 38.1 Å². The number of nitrogens with zero attached hydrogens (tertiary/aromatic N) is 1. The molecule has 0 spiro atoms. The predicted octanol–water partition coefficient (Wildman–Crippen LogP) is 2.83. The summed E-state index contributed by atoms with van der Waals surface area (Å²) in [6.45, 7) is 7.16. The maximum Gasteiger partial charge on any atom is 0.410 e. The van der Waals surface area contributed by atoms with Crippen LogP contribution < -0.4 is 0 Å². The summed E-state index contributed by atoms with van der Waals surface area (Å²) in [6, 6.07) is 5.83. The summed E-state index contributed by atoms with van der Waals surface area (Å²) < 4.78 is 5.16. The van der Waals surface area contributed by atoms with Crippen LogP contribution in [0.15, 0.2) is 24.3 Å². The first-order chi connectivity index (χ1) is 9.12. The monoisotopic (exact) mass is 279 g/mol. The molecule has 1 N–H and O–H groups in total. The smallest absolute Gasteiger partial charge is 0.410 e. The number of Topliss-reactive ketones (excluding diaryl/α,β-unsaturated/α-hetero) is 1. The lowest BCUT2D eigenvalue weighted by molar-refractivity contribution is 0.0447. The van der Waals surface area contributed by atoms with Crippen molar-refractivity contribution in [1.29, 1.82) is 0 Å². The number of phenols is 1. The van der Waals surface area contributed by atoms with Gasteiger partial charge in [0, 0.05) is 18.2 Å². The number of rotatable bonds is 3. The van der Waals surface area contributed by atoms with Crippen LogP contribution in [0.3, 0.4) is 0 Å². The summed E-state index contributed by atoms with van der Waals surface area (Å²) in [4.78, 5) is 25.4. The van der Waals surface area contributed by atoms with Gasteiger partial charge in [0.2, 0.25) is 5.78 Å². The molecule has 0 bridgehead atoms. The van der Waals surface area contributed by atoms with Gasteiger partial charge in [-0.15, -0.1) is 0 Å². The third-order valence-electron chi connectivity index (χ3n) is 3.08. The molecule has 0 saturated carbocycles. The number of hydrogen-bond acceptors (Lipinski definition) is 4. The average molecular weight is 279 g/mol. The number of ketones is 1. The SMILES string of the molecule is C[C@H](OC(=O)N(C)C(C)(C)C)C(=O)c1ccc(O)cc1. The lowest BCUT2D eigenvalue weighted by Gasteiger charge is -2.31. The molecule has 0 heterocycles. The topological polar surface area (TPSA) is 66.8 Å². The number of carbonyl (C=O) groups excluding carboxylic acids is 2. The highest BCUT2D eigenvalue weighted by molar-refractivity contribution is 6.00. The van der Waals surface area contributed by atoms with E-state index >= 15 is 0 Å². The van der Waals surface area contributed by atoms with Crippen LogP contribution in [-0.2, 0) is 4.74 Å². The Balaban J connectivity index is 2.71. The van der Waals surface area contributed by atoms with Gasteiger partial charge in [0.25, 0.3) is 0 Å². The molecule has 0 aliphatic rings. The zero-order valence-electron chi connectivity index (χ0n) is 12.5. The highest BCUT2D eigenvalue weighted by Crippen LogP contribution is 2.15. The van der Waals surface area contributed by atoms with Gasteiger partial charge in [-0.05, 0) is 52.0 Å². The molecule has 0 aliphatic carbocycles. The molecule has 1 amide bonds. The van der Waals surface area contributed by atoms with Gasteiger partial charge in [0.15, 0.2) is 6.10 Å². The van der Waals surface area contributed by atoms with E-state index in [0.29, 0.717) is 5.56 Å². The van der Waals surface area contributed by atoms with Crippen LogP contribution in [-0.4, -0.2) is 40.6 Å². The van der Waals surface area contributed by atoms with E-state index in [1.54, 1.807) is 7.05 Å². The Morgan fingerprint density at radius 3 is 2.15 bits per heavy atom. The van der Waals surface area contributed by atoms with E-state index in [2.05, 4.69) is 0 Å². The Morgan fingerprint density at radius 2 is 1.70 bits per heavy atom. The fourth-order valence-electron chi connectivity index (χ4n) is 1.42. The lowest BCUT2D eigenvalue weighted by atomic mass is 10.1. The van der Waals surface area contributed by atoms with E-state index in [1.807, 2.05) is 20.8 Å². The average Bonchev–Trinajstić information content (AvgIpc) is 2.36. The third-order valence-corrected chi connectivity index (χ3v) is 3.08. The van der Waals surface area contributed by atoms with Gasteiger partial charge >= 0.3 is 6.09 Å². The van der Waals surface area contributed by atoms with Crippen LogP contribution in [0.5, 0.6) is 5.75 Å².